The Kier molecular flexibility index (Phi) is 5.54. The number of carbonyl (C=O) groups excluding carboxylic acids is 1. The van der Waals surface area contributed by atoms with Gasteiger partial charge in [-0.15, -0.1) is 0 Å². The number of fused-ring (bicyclic) bond motifs is 1. The van der Waals surface area contributed by atoms with E-state index in [1.807, 2.05) is 37.3 Å². The van der Waals surface area contributed by atoms with Crippen molar-refractivity contribution in [3.05, 3.63) is 70.2 Å². The average molecular weight is 343 g/mol. The second kappa shape index (κ2) is 7.82. The lowest BCUT2D eigenvalue weighted by Crippen LogP contribution is -2.38. The van der Waals surface area contributed by atoms with Crippen LogP contribution in [-0.4, -0.2) is 12.5 Å². The lowest BCUT2D eigenvalue weighted by atomic mass is 9.88. The van der Waals surface area contributed by atoms with Crippen molar-refractivity contribution in [3.8, 4) is 0 Å². The molecule has 126 valence electrons. The van der Waals surface area contributed by atoms with Gasteiger partial charge in [-0.1, -0.05) is 48.0 Å². The highest BCUT2D eigenvalue weighted by Crippen LogP contribution is 2.29. The Hall–Kier alpha value is -1.84. The van der Waals surface area contributed by atoms with Gasteiger partial charge in [-0.05, 0) is 55.0 Å². The van der Waals surface area contributed by atoms with Gasteiger partial charge in [0.25, 0.3) is 0 Å². The molecule has 0 bridgehead atoms. The highest BCUT2D eigenvalue weighted by atomic mass is 35.5. The van der Waals surface area contributed by atoms with E-state index in [2.05, 4.69) is 28.8 Å². The van der Waals surface area contributed by atoms with E-state index >= 15 is 0 Å². The summed E-state index contributed by atoms with van der Waals surface area (Å²) >= 11 is 6.02. The number of rotatable bonds is 5. The van der Waals surface area contributed by atoms with Gasteiger partial charge in [-0.25, -0.2) is 0 Å². The zero-order chi connectivity index (χ0) is 16.9. The molecule has 2 aromatic carbocycles. The third-order valence-electron chi connectivity index (χ3n) is 4.62. The Labute approximate surface area is 148 Å². The second-order valence-electron chi connectivity index (χ2n) is 6.37. The van der Waals surface area contributed by atoms with Gasteiger partial charge in [0.1, 0.15) is 0 Å². The molecule has 0 saturated carbocycles. The van der Waals surface area contributed by atoms with Crippen LogP contribution in [0.4, 0.5) is 0 Å². The van der Waals surface area contributed by atoms with Crippen LogP contribution in [0.15, 0.2) is 48.5 Å². The summed E-state index contributed by atoms with van der Waals surface area (Å²) in [6.07, 6.45) is 3.23. The number of aryl methyl sites for hydroxylation is 1. The Bertz CT molecular complexity index is 716. The zero-order valence-corrected chi connectivity index (χ0v) is 14.6. The summed E-state index contributed by atoms with van der Waals surface area (Å²) < 4.78 is 0. The summed E-state index contributed by atoms with van der Waals surface area (Å²) in [6, 6.07) is 16.3. The first-order chi connectivity index (χ1) is 11.6. The molecular weight excluding hydrogens is 320 g/mol. The predicted molar refractivity (Wildman–Crippen MR) is 98.1 cm³/mol. The van der Waals surface area contributed by atoms with Gasteiger partial charge in [0, 0.05) is 11.1 Å². The minimum absolute atomic E-state index is 0.0329. The van der Waals surface area contributed by atoms with E-state index in [1.165, 1.54) is 11.1 Å². The molecule has 3 rings (SSSR count). The molecule has 2 atom stereocenters. The molecule has 1 aliphatic carbocycles. The summed E-state index contributed by atoms with van der Waals surface area (Å²) in [7, 11) is 0. The number of nitrogens with one attached hydrogen (secondary N) is 2. The molecule has 0 aliphatic heterocycles. The molecule has 0 spiro atoms. The molecule has 0 aromatic heterocycles. The summed E-state index contributed by atoms with van der Waals surface area (Å²) in [5.74, 6) is 0.0329. The molecule has 0 unspecified atom stereocenters. The van der Waals surface area contributed by atoms with Crippen molar-refractivity contribution in [2.75, 3.05) is 6.54 Å². The van der Waals surface area contributed by atoms with Gasteiger partial charge < -0.3 is 10.6 Å². The maximum Gasteiger partial charge on any atom is 0.234 e. The standard InChI is InChI=1S/C20H23ClN2O/c1-14(16-8-4-9-17(21)12-16)22-13-20(24)23-19-11-5-7-15-6-2-3-10-18(15)19/h2-4,6,8-10,12,14,19,22H,5,7,11,13H2,1H3,(H,23,24)/t14-,19+/m1/s1. The van der Waals surface area contributed by atoms with Crippen LogP contribution in [-0.2, 0) is 11.2 Å². The number of halogens is 1. The molecule has 0 heterocycles. The number of benzene rings is 2. The van der Waals surface area contributed by atoms with Crippen molar-refractivity contribution >= 4 is 17.5 Å². The number of amides is 1. The van der Waals surface area contributed by atoms with Gasteiger partial charge in [0.05, 0.1) is 12.6 Å². The number of hydrogen-bond acceptors (Lipinski definition) is 2. The number of hydrogen-bond donors (Lipinski definition) is 2. The molecule has 1 aliphatic rings. The van der Waals surface area contributed by atoms with Crippen LogP contribution < -0.4 is 10.6 Å². The first kappa shape index (κ1) is 17.0. The van der Waals surface area contributed by atoms with E-state index in [1.54, 1.807) is 0 Å². The van der Waals surface area contributed by atoms with Crippen LogP contribution in [0.2, 0.25) is 5.02 Å². The molecule has 0 radical (unpaired) electrons. The topological polar surface area (TPSA) is 41.1 Å². The zero-order valence-electron chi connectivity index (χ0n) is 13.9. The minimum atomic E-state index is 0.0329. The summed E-state index contributed by atoms with van der Waals surface area (Å²) in [5, 5.41) is 7.15. The lowest BCUT2D eigenvalue weighted by molar-refractivity contribution is -0.121. The molecule has 24 heavy (non-hydrogen) atoms. The predicted octanol–water partition coefficient (Wildman–Crippen LogP) is 4.18. The van der Waals surface area contributed by atoms with Crippen molar-refractivity contribution in [1.29, 1.82) is 0 Å². The van der Waals surface area contributed by atoms with E-state index in [0.717, 1.165) is 24.8 Å². The molecule has 0 fully saturated rings. The third-order valence-corrected chi connectivity index (χ3v) is 4.86. The van der Waals surface area contributed by atoms with Gasteiger partial charge in [-0.3, -0.25) is 4.79 Å². The van der Waals surface area contributed by atoms with Crippen LogP contribution in [0.5, 0.6) is 0 Å². The molecule has 1 amide bonds. The highest BCUT2D eigenvalue weighted by Gasteiger charge is 2.21. The van der Waals surface area contributed by atoms with Crippen LogP contribution in [0.3, 0.4) is 0 Å². The summed E-state index contributed by atoms with van der Waals surface area (Å²) in [6.45, 7) is 2.33. The van der Waals surface area contributed by atoms with Crippen LogP contribution in [0, 0.1) is 0 Å². The average Bonchev–Trinajstić information content (AvgIpc) is 2.60. The van der Waals surface area contributed by atoms with E-state index in [9.17, 15) is 4.79 Å². The molecule has 4 heteroatoms. The first-order valence-corrected chi connectivity index (χ1v) is 8.87. The lowest BCUT2D eigenvalue weighted by Gasteiger charge is -2.26. The maximum atomic E-state index is 12.3. The van der Waals surface area contributed by atoms with Gasteiger partial charge in [-0.2, -0.15) is 0 Å². The van der Waals surface area contributed by atoms with Crippen LogP contribution in [0.1, 0.15) is 48.5 Å². The summed E-state index contributed by atoms with van der Waals surface area (Å²) in [5.41, 5.74) is 3.70. The van der Waals surface area contributed by atoms with Crippen molar-refractivity contribution in [2.24, 2.45) is 0 Å². The Morgan fingerprint density at radius 2 is 2.08 bits per heavy atom. The Morgan fingerprint density at radius 1 is 1.25 bits per heavy atom. The SMILES string of the molecule is C[C@@H](NCC(=O)N[C@H]1CCCc2ccccc21)c1cccc(Cl)c1. The highest BCUT2D eigenvalue weighted by molar-refractivity contribution is 6.30. The minimum Gasteiger partial charge on any atom is -0.348 e. The second-order valence-corrected chi connectivity index (χ2v) is 6.81. The number of carbonyl (C=O) groups is 1. The van der Waals surface area contributed by atoms with Gasteiger partial charge in [0.2, 0.25) is 5.91 Å². The molecule has 2 N–H and O–H groups in total. The summed E-state index contributed by atoms with van der Waals surface area (Å²) in [4.78, 5) is 12.3. The normalized spacial score (nSPS) is 17.8. The fraction of sp³-hybridized carbons (Fsp3) is 0.350. The van der Waals surface area contributed by atoms with Gasteiger partial charge in [0.15, 0.2) is 0 Å². The largest absolute Gasteiger partial charge is 0.348 e. The quantitative estimate of drug-likeness (QED) is 0.855. The monoisotopic (exact) mass is 342 g/mol. The molecular formula is C20H23ClN2O. The van der Waals surface area contributed by atoms with E-state index in [4.69, 9.17) is 11.6 Å². The van der Waals surface area contributed by atoms with E-state index in [-0.39, 0.29) is 18.0 Å². The molecule has 2 aromatic rings. The third kappa shape index (κ3) is 4.16. The van der Waals surface area contributed by atoms with Crippen LogP contribution >= 0.6 is 11.6 Å². The van der Waals surface area contributed by atoms with Crippen molar-refractivity contribution in [2.45, 2.75) is 38.3 Å². The fourth-order valence-electron chi connectivity index (χ4n) is 3.29. The van der Waals surface area contributed by atoms with Gasteiger partial charge >= 0.3 is 0 Å². The van der Waals surface area contributed by atoms with Crippen molar-refractivity contribution in [1.82, 2.24) is 10.6 Å². The molecule has 0 saturated heterocycles. The van der Waals surface area contributed by atoms with Crippen LogP contribution in [0.25, 0.3) is 0 Å². The Balaban J connectivity index is 1.55. The maximum absolute atomic E-state index is 12.3. The smallest absolute Gasteiger partial charge is 0.234 e. The molecule has 3 nitrogen and oxygen atoms in total. The van der Waals surface area contributed by atoms with Crippen molar-refractivity contribution < 1.29 is 4.79 Å². The fourth-order valence-corrected chi connectivity index (χ4v) is 3.49. The first-order valence-electron chi connectivity index (χ1n) is 8.49. The Morgan fingerprint density at radius 3 is 2.92 bits per heavy atom. The van der Waals surface area contributed by atoms with Crippen molar-refractivity contribution in [3.63, 3.8) is 0 Å². The van der Waals surface area contributed by atoms with E-state index in [0.29, 0.717) is 11.6 Å². The van der Waals surface area contributed by atoms with E-state index < -0.39 is 0 Å².